The molecule has 2 aromatic heterocycles. The van der Waals surface area contributed by atoms with Crippen LogP contribution in [0.4, 0.5) is 5.82 Å². The van der Waals surface area contributed by atoms with Gasteiger partial charge < -0.3 is 4.90 Å². The second kappa shape index (κ2) is 6.89. The van der Waals surface area contributed by atoms with Crippen LogP contribution < -0.4 is 4.90 Å². The summed E-state index contributed by atoms with van der Waals surface area (Å²) in [6.07, 6.45) is 8.54. The molecule has 0 bridgehead atoms. The molecule has 0 radical (unpaired) electrons. The largest absolute Gasteiger partial charge is 0.354 e. The number of fused-ring (bicyclic) bond motifs is 2. The summed E-state index contributed by atoms with van der Waals surface area (Å²) in [5.41, 5.74) is 7.03. The molecule has 3 heterocycles. The van der Waals surface area contributed by atoms with Crippen LogP contribution >= 0.6 is 0 Å². The van der Waals surface area contributed by atoms with Gasteiger partial charge in [-0.05, 0) is 57.4 Å². The van der Waals surface area contributed by atoms with Crippen LogP contribution in [0.2, 0.25) is 0 Å². The molecule has 1 fully saturated rings. The molecule has 6 heteroatoms. The van der Waals surface area contributed by atoms with Crippen molar-refractivity contribution in [3.05, 3.63) is 34.0 Å². The minimum atomic E-state index is 0.924. The molecule has 0 N–H and O–H groups in total. The second-order valence-electron chi connectivity index (χ2n) is 8.34. The van der Waals surface area contributed by atoms with E-state index in [2.05, 4.69) is 26.5 Å². The summed E-state index contributed by atoms with van der Waals surface area (Å²) in [6.45, 7) is 7.31. The first-order valence-electron chi connectivity index (χ1n) is 10.6. The number of aromatic nitrogens is 4. The molecule has 0 amide bonds. The fourth-order valence-corrected chi connectivity index (χ4v) is 5.11. The molecule has 0 spiro atoms. The standard InChI is InChI=1S/C21H30N6/c1-15-22-18-8-5-7-17(18)21(23-15)27-12-10-26(11-13-27)14-19-16-6-3-4-9-20(16)25(2)24-19/h3-14H2,1-2H3. The van der Waals surface area contributed by atoms with Gasteiger partial charge >= 0.3 is 0 Å². The van der Waals surface area contributed by atoms with Crippen LogP contribution in [0.3, 0.4) is 0 Å². The predicted molar refractivity (Wildman–Crippen MR) is 106 cm³/mol. The summed E-state index contributed by atoms with van der Waals surface area (Å²) in [7, 11) is 2.11. The van der Waals surface area contributed by atoms with Crippen molar-refractivity contribution in [1.29, 1.82) is 0 Å². The van der Waals surface area contributed by atoms with E-state index in [-0.39, 0.29) is 0 Å². The zero-order valence-corrected chi connectivity index (χ0v) is 16.7. The van der Waals surface area contributed by atoms with E-state index in [0.29, 0.717) is 0 Å². The van der Waals surface area contributed by atoms with E-state index in [1.165, 1.54) is 66.1 Å². The van der Waals surface area contributed by atoms with E-state index in [4.69, 9.17) is 10.1 Å². The predicted octanol–water partition coefficient (Wildman–Crippen LogP) is 2.21. The first kappa shape index (κ1) is 17.2. The van der Waals surface area contributed by atoms with Gasteiger partial charge in [-0.2, -0.15) is 5.10 Å². The van der Waals surface area contributed by atoms with Crippen LogP contribution in [0.1, 0.15) is 53.3 Å². The maximum atomic E-state index is 4.86. The maximum Gasteiger partial charge on any atom is 0.135 e. The van der Waals surface area contributed by atoms with Gasteiger partial charge in [-0.15, -0.1) is 0 Å². The first-order valence-corrected chi connectivity index (χ1v) is 10.6. The lowest BCUT2D eigenvalue weighted by atomic mass is 9.95. The Morgan fingerprint density at radius 1 is 0.852 bits per heavy atom. The lowest BCUT2D eigenvalue weighted by molar-refractivity contribution is 0.245. The number of nitrogens with zero attached hydrogens (tertiary/aromatic N) is 6. The highest BCUT2D eigenvalue weighted by molar-refractivity contribution is 5.51. The fraction of sp³-hybridized carbons (Fsp3) is 0.667. The zero-order valence-electron chi connectivity index (χ0n) is 16.7. The lowest BCUT2D eigenvalue weighted by Gasteiger charge is -2.36. The van der Waals surface area contributed by atoms with Gasteiger partial charge in [-0.3, -0.25) is 9.58 Å². The maximum absolute atomic E-state index is 4.86. The zero-order chi connectivity index (χ0) is 18.4. The van der Waals surface area contributed by atoms with Crippen LogP contribution in [-0.2, 0) is 39.3 Å². The minimum Gasteiger partial charge on any atom is -0.354 e. The van der Waals surface area contributed by atoms with Crippen molar-refractivity contribution in [1.82, 2.24) is 24.6 Å². The Hall–Kier alpha value is -1.95. The van der Waals surface area contributed by atoms with Gasteiger partial charge in [0.2, 0.25) is 0 Å². The van der Waals surface area contributed by atoms with Gasteiger partial charge in [0.05, 0.1) is 5.69 Å². The Labute approximate surface area is 161 Å². The smallest absolute Gasteiger partial charge is 0.135 e. The molecule has 0 saturated carbocycles. The summed E-state index contributed by atoms with van der Waals surface area (Å²) in [6, 6.07) is 0. The van der Waals surface area contributed by atoms with Crippen LogP contribution in [0.15, 0.2) is 0 Å². The summed E-state index contributed by atoms with van der Waals surface area (Å²) in [5.74, 6) is 2.14. The Bertz CT molecular complexity index is 847. The number of anilines is 1. The van der Waals surface area contributed by atoms with Crippen molar-refractivity contribution < 1.29 is 0 Å². The molecular weight excluding hydrogens is 336 g/mol. The van der Waals surface area contributed by atoms with E-state index in [9.17, 15) is 0 Å². The monoisotopic (exact) mass is 366 g/mol. The van der Waals surface area contributed by atoms with E-state index in [1.54, 1.807) is 0 Å². The van der Waals surface area contributed by atoms with Crippen molar-refractivity contribution in [3.63, 3.8) is 0 Å². The third kappa shape index (κ3) is 3.14. The van der Waals surface area contributed by atoms with Gasteiger partial charge in [0.15, 0.2) is 0 Å². The Kier molecular flexibility index (Phi) is 4.38. The van der Waals surface area contributed by atoms with Crippen molar-refractivity contribution in [2.24, 2.45) is 7.05 Å². The number of hydrogen-bond acceptors (Lipinski definition) is 5. The Morgan fingerprint density at radius 3 is 2.48 bits per heavy atom. The van der Waals surface area contributed by atoms with Crippen molar-refractivity contribution in [2.75, 3.05) is 31.1 Å². The number of hydrogen-bond donors (Lipinski definition) is 0. The van der Waals surface area contributed by atoms with Crippen LogP contribution in [0.25, 0.3) is 0 Å². The number of aryl methyl sites for hydroxylation is 3. The topological polar surface area (TPSA) is 50.1 Å². The molecule has 0 aromatic carbocycles. The van der Waals surface area contributed by atoms with Crippen molar-refractivity contribution >= 4 is 5.82 Å². The van der Waals surface area contributed by atoms with Crippen LogP contribution in [-0.4, -0.2) is 50.8 Å². The van der Waals surface area contributed by atoms with E-state index >= 15 is 0 Å². The number of rotatable bonds is 3. The van der Waals surface area contributed by atoms with E-state index < -0.39 is 0 Å². The highest BCUT2D eigenvalue weighted by Gasteiger charge is 2.26. The summed E-state index contributed by atoms with van der Waals surface area (Å²) < 4.78 is 2.13. The molecule has 3 aliphatic rings. The molecule has 27 heavy (non-hydrogen) atoms. The van der Waals surface area contributed by atoms with Gasteiger partial charge in [0.1, 0.15) is 11.6 Å². The Morgan fingerprint density at radius 2 is 1.63 bits per heavy atom. The molecule has 144 valence electrons. The van der Waals surface area contributed by atoms with Crippen molar-refractivity contribution in [2.45, 2.75) is 58.4 Å². The molecule has 5 rings (SSSR count). The summed E-state index contributed by atoms with van der Waals surface area (Å²) >= 11 is 0. The van der Waals surface area contributed by atoms with Gasteiger partial charge in [0, 0.05) is 56.7 Å². The normalized spacial score (nSPS) is 20.0. The third-order valence-corrected chi connectivity index (χ3v) is 6.52. The SMILES string of the molecule is Cc1nc2c(c(N3CCN(Cc4nn(C)c5c4CCCC5)CC3)n1)CCC2. The van der Waals surface area contributed by atoms with Crippen molar-refractivity contribution in [3.8, 4) is 0 Å². The fourth-order valence-electron chi connectivity index (χ4n) is 5.11. The van der Waals surface area contributed by atoms with Crippen LogP contribution in [0, 0.1) is 6.92 Å². The van der Waals surface area contributed by atoms with Crippen LogP contribution in [0.5, 0.6) is 0 Å². The average Bonchev–Trinajstić information content (AvgIpc) is 3.27. The minimum absolute atomic E-state index is 0.924. The first-order chi connectivity index (χ1) is 13.2. The average molecular weight is 367 g/mol. The molecule has 2 aromatic rings. The quantitative estimate of drug-likeness (QED) is 0.834. The molecule has 0 atom stereocenters. The van der Waals surface area contributed by atoms with Gasteiger partial charge in [-0.1, -0.05) is 0 Å². The second-order valence-corrected chi connectivity index (χ2v) is 8.34. The lowest BCUT2D eigenvalue weighted by Crippen LogP contribution is -2.46. The van der Waals surface area contributed by atoms with Gasteiger partial charge in [-0.25, -0.2) is 9.97 Å². The third-order valence-electron chi connectivity index (χ3n) is 6.52. The van der Waals surface area contributed by atoms with E-state index in [1.807, 2.05) is 6.92 Å². The molecule has 1 saturated heterocycles. The highest BCUT2D eigenvalue weighted by Crippen LogP contribution is 2.30. The molecule has 1 aliphatic heterocycles. The molecule has 0 unspecified atom stereocenters. The highest BCUT2D eigenvalue weighted by atomic mass is 15.3. The molecule has 2 aliphatic carbocycles. The van der Waals surface area contributed by atoms with E-state index in [0.717, 1.165) is 51.4 Å². The van der Waals surface area contributed by atoms with Gasteiger partial charge in [0.25, 0.3) is 0 Å². The molecular formula is C21H30N6. The molecule has 6 nitrogen and oxygen atoms in total. The number of piperazine rings is 1. The Balaban J connectivity index is 1.28. The summed E-state index contributed by atoms with van der Waals surface area (Å²) in [5, 5.41) is 4.86. The summed E-state index contributed by atoms with van der Waals surface area (Å²) in [4.78, 5) is 14.5.